The van der Waals surface area contributed by atoms with Crippen LogP contribution in [0.5, 0.6) is 0 Å². The van der Waals surface area contributed by atoms with Crippen LogP contribution in [0, 0.1) is 5.82 Å². The van der Waals surface area contributed by atoms with E-state index >= 15 is 0 Å². The number of aryl methyl sites for hydroxylation is 1. The van der Waals surface area contributed by atoms with Gasteiger partial charge in [-0.25, -0.2) is 4.39 Å². The van der Waals surface area contributed by atoms with Crippen molar-refractivity contribution in [2.75, 3.05) is 5.32 Å². The number of carbonyl (C=O) groups is 1. The summed E-state index contributed by atoms with van der Waals surface area (Å²) in [5.41, 5.74) is 3.59. The molecule has 116 valence electrons. The van der Waals surface area contributed by atoms with Gasteiger partial charge in [0.05, 0.1) is 5.69 Å². The van der Waals surface area contributed by atoms with Crippen molar-refractivity contribution >= 4 is 11.6 Å². The first-order valence-electron chi connectivity index (χ1n) is 7.37. The van der Waals surface area contributed by atoms with Gasteiger partial charge < -0.3 is 5.32 Å². The Kier molecular flexibility index (Phi) is 4.19. The lowest BCUT2D eigenvalue weighted by molar-refractivity contribution is 0.102. The number of amides is 1. The molecule has 5 heteroatoms. The molecule has 0 bridgehead atoms. The summed E-state index contributed by atoms with van der Waals surface area (Å²) in [5, 5.41) is 9.65. The molecule has 2 N–H and O–H groups in total. The highest BCUT2D eigenvalue weighted by atomic mass is 19.1. The maximum atomic E-state index is 12.9. The Morgan fingerprint density at radius 2 is 1.96 bits per heavy atom. The summed E-state index contributed by atoms with van der Waals surface area (Å²) in [7, 11) is 0. The molecule has 1 aromatic heterocycles. The van der Waals surface area contributed by atoms with Gasteiger partial charge in [0.1, 0.15) is 11.5 Å². The monoisotopic (exact) mass is 309 g/mol. The van der Waals surface area contributed by atoms with Gasteiger partial charge in [0, 0.05) is 11.3 Å². The molecule has 1 heterocycles. The molecule has 0 saturated heterocycles. The van der Waals surface area contributed by atoms with Crippen LogP contribution in [0.1, 0.15) is 23.0 Å². The molecule has 0 aliphatic rings. The average molecular weight is 309 g/mol. The second kappa shape index (κ2) is 6.44. The number of carbonyl (C=O) groups excluding carboxylic acids is 1. The summed E-state index contributed by atoms with van der Waals surface area (Å²) >= 11 is 0. The molecule has 2 aromatic carbocycles. The van der Waals surface area contributed by atoms with Crippen LogP contribution in [0.2, 0.25) is 0 Å². The summed E-state index contributed by atoms with van der Waals surface area (Å²) in [4.78, 5) is 12.3. The predicted molar refractivity (Wildman–Crippen MR) is 87.8 cm³/mol. The van der Waals surface area contributed by atoms with Gasteiger partial charge in [-0.1, -0.05) is 19.1 Å². The van der Waals surface area contributed by atoms with Crippen molar-refractivity contribution in [3.8, 4) is 11.3 Å². The molecule has 3 aromatic rings. The molecule has 4 nitrogen and oxygen atoms in total. The second-order valence-electron chi connectivity index (χ2n) is 5.18. The van der Waals surface area contributed by atoms with Crippen molar-refractivity contribution in [2.45, 2.75) is 13.3 Å². The minimum atomic E-state index is -0.307. The zero-order chi connectivity index (χ0) is 16.2. The lowest BCUT2D eigenvalue weighted by Gasteiger charge is -2.05. The van der Waals surface area contributed by atoms with E-state index in [1.54, 1.807) is 18.2 Å². The fourth-order valence-corrected chi connectivity index (χ4v) is 2.27. The van der Waals surface area contributed by atoms with Crippen molar-refractivity contribution in [1.29, 1.82) is 0 Å². The lowest BCUT2D eigenvalue weighted by atomic mass is 10.1. The van der Waals surface area contributed by atoms with E-state index < -0.39 is 0 Å². The molecule has 0 unspecified atom stereocenters. The summed E-state index contributed by atoms with van der Waals surface area (Å²) in [5.74, 6) is -0.572. The molecule has 0 atom stereocenters. The maximum absolute atomic E-state index is 12.9. The topological polar surface area (TPSA) is 57.8 Å². The van der Waals surface area contributed by atoms with Crippen molar-refractivity contribution in [3.05, 3.63) is 71.7 Å². The zero-order valence-corrected chi connectivity index (χ0v) is 12.6. The van der Waals surface area contributed by atoms with Crippen LogP contribution in [0.25, 0.3) is 11.3 Å². The molecular formula is C18H16FN3O. The van der Waals surface area contributed by atoms with Gasteiger partial charge in [-0.15, -0.1) is 0 Å². The number of hydrogen-bond donors (Lipinski definition) is 2. The number of H-pyrrole nitrogens is 1. The Morgan fingerprint density at radius 1 is 1.17 bits per heavy atom. The average Bonchev–Trinajstić information content (AvgIpc) is 3.06. The summed E-state index contributed by atoms with van der Waals surface area (Å²) < 4.78 is 12.9. The quantitative estimate of drug-likeness (QED) is 0.764. The van der Waals surface area contributed by atoms with Crippen molar-refractivity contribution in [2.24, 2.45) is 0 Å². The fraction of sp³-hybridized carbons (Fsp3) is 0.111. The minimum Gasteiger partial charge on any atom is -0.321 e. The number of nitrogens with zero attached hydrogens (tertiary/aromatic N) is 1. The fourth-order valence-electron chi connectivity index (χ4n) is 2.27. The number of hydrogen-bond acceptors (Lipinski definition) is 2. The first-order valence-corrected chi connectivity index (χ1v) is 7.37. The van der Waals surface area contributed by atoms with E-state index in [-0.39, 0.29) is 11.7 Å². The number of halogens is 1. The Bertz CT molecular complexity index is 824. The van der Waals surface area contributed by atoms with Crippen LogP contribution in [-0.4, -0.2) is 16.1 Å². The second-order valence-corrected chi connectivity index (χ2v) is 5.18. The maximum Gasteiger partial charge on any atom is 0.273 e. The van der Waals surface area contributed by atoms with Gasteiger partial charge in [0.15, 0.2) is 0 Å². The van der Waals surface area contributed by atoms with Gasteiger partial charge in [-0.05, 0) is 54.4 Å². The van der Waals surface area contributed by atoms with Gasteiger partial charge in [0.25, 0.3) is 5.91 Å². The summed E-state index contributed by atoms with van der Waals surface area (Å²) in [6.45, 7) is 2.06. The van der Waals surface area contributed by atoms with E-state index in [1.807, 2.05) is 24.3 Å². The van der Waals surface area contributed by atoms with Crippen molar-refractivity contribution < 1.29 is 9.18 Å². The highest BCUT2D eigenvalue weighted by Gasteiger charge is 2.11. The lowest BCUT2D eigenvalue weighted by Crippen LogP contribution is -2.12. The standard InChI is InChI=1S/C18H16FN3O/c1-2-12-4-3-5-15(10-12)20-18(23)17-11-16(21-22-17)13-6-8-14(19)9-7-13/h3-11H,2H2,1H3,(H,20,23)(H,21,22). The number of nitrogens with one attached hydrogen (secondary N) is 2. The van der Waals surface area contributed by atoms with Crippen LogP contribution in [0.4, 0.5) is 10.1 Å². The molecule has 0 aliphatic heterocycles. The van der Waals surface area contributed by atoms with Crippen LogP contribution in [0.3, 0.4) is 0 Å². The molecule has 0 aliphatic carbocycles. The van der Waals surface area contributed by atoms with E-state index in [1.165, 1.54) is 12.1 Å². The van der Waals surface area contributed by atoms with Crippen LogP contribution < -0.4 is 5.32 Å². The number of rotatable bonds is 4. The van der Waals surface area contributed by atoms with Gasteiger partial charge in [-0.3, -0.25) is 9.89 Å². The highest BCUT2D eigenvalue weighted by molar-refractivity contribution is 6.03. The predicted octanol–water partition coefficient (Wildman–Crippen LogP) is 4.03. The SMILES string of the molecule is CCc1cccc(NC(=O)c2cc(-c3ccc(F)cc3)n[nH]2)c1. The normalized spacial score (nSPS) is 10.5. The molecule has 0 fully saturated rings. The minimum absolute atomic E-state index is 0.265. The van der Waals surface area contributed by atoms with Crippen LogP contribution in [0.15, 0.2) is 54.6 Å². The number of anilines is 1. The number of benzene rings is 2. The zero-order valence-electron chi connectivity index (χ0n) is 12.6. The third kappa shape index (κ3) is 3.45. The largest absolute Gasteiger partial charge is 0.321 e. The molecule has 1 amide bonds. The van der Waals surface area contributed by atoms with Crippen molar-refractivity contribution in [1.82, 2.24) is 10.2 Å². The van der Waals surface area contributed by atoms with Gasteiger partial charge >= 0.3 is 0 Å². The molecule has 0 spiro atoms. The van der Waals surface area contributed by atoms with Crippen LogP contribution in [-0.2, 0) is 6.42 Å². The summed E-state index contributed by atoms with van der Waals surface area (Å²) in [6, 6.07) is 15.3. The number of aromatic nitrogens is 2. The van der Waals surface area contributed by atoms with Gasteiger partial charge in [0.2, 0.25) is 0 Å². The van der Waals surface area contributed by atoms with E-state index in [9.17, 15) is 9.18 Å². The van der Waals surface area contributed by atoms with Crippen LogP contribution >= 0.6 is 0 Å². The first kappa shape index (κ1) is 15.0. The Hall–Kier alpha value is -2.95. The van der Waals surface area contributed by atoms with E-state index in [4.69, 9.17) is 0 Å². The molecule has 23 heavy (non-hydrogen) atoms. The first-order chi connectivity index (χ1) is 11.2. The molecule has 0 radical (unpaired) electrons. The van der Waals surface area contributed by atoms with E-state index in [0.717, 1.165) is 23.2 Å². The highest BCUT2D eigenvalue weighted by Crippen LogP contribution is 2.19. The summed E-state index contributed by atoms with van der Waals surface area (Å²) in [6.07, 6.45) is 0.905. The molecule has 0 saturated carbocycles. The van der Waals surface area contributed by atoms with Crippen molar-refractivity contribution in [3.63, 3.8) is 0 Å². The smallest absolute Gasteiger partial charge is 0.273 e. The molecular weight excluding hydrogens is 293 g/mol. The Balaban J connectivity index is 1.76. The Labute approximate surface area is 133 Å². The van der Waals surface area contributed by atoms with E-state index in [2.05, 4.69) is 22.4 Å². The van der Waals surface area contributed by atoms with E-state index in [0.29, 0.717) is 11.4 Å². The Morgan fingerprint density at radius 3 is 2.70 bits per heavy atom. The molecule has 3 rings (SSSR count). The van der Waals surface area contributed by atoms with Gasteiger partial charge in [-0.2, -0.15) is 5.10 Å². The third-order valence-corrected chi connectivity index (χ3v) is 3.56. The number of aromatic amines is 1. The third-order valence-electron chi connectivity index (χ3n) is 3.56.